The molecule has 0 aliphatic heterocycles. The third-order valence-electron chi connectivity index (χ3n) is 4.01. The van der Waals surface area contributed by atoms with Gasteiger partial charge in [0, 0.05) is 0 Å². The average Bonchev–Trinajstić information content (AvgIpc) is 2.43. The van der Waals surface area contributed by atoms with Crippen molar-refractivity contribution in [3.63, 3.8) is 0 Å². The zero-order valence-electron chi connectivity index (χ0n) is 6.22. The summed E-state index contributed by atoms with van der Waals surface area (Å²) in [6.45, 7) is 4.92. The van der Waals surface area contributed by atoms with Gasteiger partial charge in [-0.05, 0) is 41.9 Å². The Hall–Kier alpha value is 0. The van der Waals surface area contributed by atoms with Gasteiger partial charge in [-0.25, -0.2) is 0 Å². The number of rotatable bonds is 0. The van der Waals surface area contributed by atoms with E-state index in [2.05, 4.69) is 13.8 Å². The molecule has 0 N–H and O–H groups in total. The monoisotopic (exact) mass is 122 g/mol. The standard InChI is InChI=1S/C9H14/c1-9(2)4-3-5-6-7(5)8(6)9/h5-8H,3-4H2,1-2H3/t5?,6-,7-,8?/m0/s1. The molecule has 0 spiro atoms. The summed E-state index contributed by atoms with van der Waals surface area (Å²) in [4.78, 5) is 0. The highest BCUT2D eigenvalue weighted by atomic mass is 14.8. The van der Waals surface area contributed by atoms with E-state index >= 15 is 0 Å². The van der Waals surface area contributed by atoms with Crippen LogP contribution in [0.1, 0.15) is 26.7 Å². The van der Waals surface area contributed by atoms with Crippen molar-refractivity contribution in [3.05, 3.63) is 0 Å². The van der Waals surface area contributed by atoms with Gasteiger partial charge in [0.2, 0.25) is 0 Å². The lowest BCUT2D eigenvalue weighted by Gasteiger charge is -2.36. The molecule has 9 heavy (non-hydrogen) atoms. The van der Waals surface area contributed by atoms with Crippen LogP contribution in [0.2, 0.25) is 0 Å². The van der Waals surface area contributed by atoms with Crippen LogP contribution in [0.15, 0.2) is 0 Å². The maximum absolute atomic E-state index is 2.46. The first-order valence-corrected chi connectivity index (χ1v) is 4.22. The van der Waals surface area contributed by atoms with Crippen molar-refractivity contribution in [1.82, 2.24) is 0 Å². The van der Waals surface area contributed by atoms with Crippen molar-refractivity contribution in [2.75, 3.05) is 0 Å². The Morgan fingerprint density at radius 1 is 1.22 bits per heavy atom. The van der Waals surface area contributed by atoms with Gasteiger partial charge in [0.1, 0.15) is 0 Å². The van der Waals surface area contributed by atoms with E-state index in [9.17, 15) is 0 Å². The Labute approximate surface area is 56.6 Å². The molecular formula is C9H14. The Morgan fingerprint density at radius 3 is 2.22 bits per heavy atom. The average molecular weight is 122 g/mol. The third kappa shape index (κ3) is 0.367. The summed E-state index contributed by atoms with van der Waals surface area (Å²) in [5.74, 6) is 4.86. The first-order chi connectivity index (χ1) is 4.22. The second kappa shape index (κ2) is 0.980. The van der Waals surface area contributed by atoms with Gasteiger partial charge in [-0.2, -0.15) is 0 Å². The first-order valence-electron chi connectivity index (χ1n) is 4.22. The molecule has 0 amide bonds. The topological polar surface area (TPSA) is 0 Å². The van der Waals surface area contributed by atoms with E-state index < -0.39 is 0 Å². The zero-order chi connectivity index (χ0) is 6.22. The molecular weight excluding hydrogens is 108 g/mol. The molecule has 0 aromatic heterocycles. The minimum atomic E-state index is 0.740. The molecule has 0 aromatic carbocycles. The third-order valence-corrected chi connectivity index (χ3v) is 4.01. The van der Waals surface area contributed by atoms with Crippen LogP contribution < -0.4 is 0 Å². The van der Waals surface area contributed by atoms with Crippen LogP contribution in [-0.2, 0) is 0 Å². The molecule has 50 valence electrons. The van der Waals surface area contributed by atoms with Crippen LogP contribution in [0.5, 0.6) is 0 Å². The van der Waals surface area contributed by atoms with E-state index in [1.165, 1.54) is 30.1 Å². The minimum Gasteiger partial charge on any atom is -0.0596 e. The highest BCUT2D eigenvalue weighted by molar-refractivity contribution is 5.25. The fraction of sp³-hybridized carbons (Fsp3) is 1.00. The Balaban J connectivity index is 1.92. The van der Waals surface area contributed by atoms with Gasteiger partial charge in [-0.3, -0.25) is 0 Å². The van der Waals surface area contributed by atoms with Crippen molar-refractivity contribution in [3.8, 4) is 0 Å². The summed E-state index contributed by atoms with van der Waals surface area (Å²) in [7, 11) is 0. The van der Waals surface area contributed by atoms with E-state index in [1.54, 1.807) is 6.42 Å². The van der Waals surface area contributed by atoms with Gasteiger partial charge in [-0.1, -0.05) is 13.8 Å². The van der Waals surface area contributed by atoms with E-state index in [4.69, 9.17) is 0 Å². The van der Waals surface area contributed by atoms with E-state index in [1.807, 2.05) is 0 Å². The maximum atomic E-state index is 2.46. The highest BCUT2D eigenvalue weighted by Crippen LogP contribution is 2.83. The van der Waals surface area contributed by atoms with Crippen molar-refractivity contribution in [2.45, 2.75) is 26.7 Å². The van der Waals surface area contributed by atoms with Crippen LogP contribution in [0, 0.1) is 29.1 Å². The van der Waals surface area contributed by atoms with Gasteiger partial charge in [0.05, 0.1) is 0 Å². The highest BCUT2D eigenvalue weighted by Gasteiger charge is 2.78. The number of fused-ring (bicyclic) bond motifs is 2. The van der Waals surface area contributed by atoms with Crippen molar-refractivity contribution >= 4 is 0 Å². The Morgan fingerprint density at radius 2 is 1.89 bits per heavy atom. The fourth-order valence-corrected chi connectivity index (χ4v) is 3.31. The Kier molecular flexibility index (Phi) is 0.518. The quantitative estimate of drug-likeness (QED) is 0.462. The normalized spacial score (nSPS) is 64.7. The number of hydrogen-bond donors (Lipinski definition) is 0. The molecule has 0 unspecified atom stereocenters. The van der Waals surface area contributed by atoms with Gasteiger partial charge < -0.3 is 0 Å². The second-order valence-corrected chi connectivity index (χ2v) is 4.87. The van der Waals surface area contributed by atoms with Crippen LogP contribution in [0.4, 0.5) is 0 Å². The molecule has 4 saturated carbocycles. The van der Waals surface area contributed by atoms with Gasteiger partial charge >= 0.3 is 0 Å². The van der Waals surface area contributed by atoms with E-state index in [0.29, 0.717) is 0 Å². The van der Waals surface area contributed by atoms with E-state index in [-0.39, 0.29) is 0 Å². The van der Waals surface area contributed by atoms with Crippen LogP contribution in [-0.4, -0.2) is 0 Å². The summed E-state index contributed by atoms with van der Waals surface area (Å²) in [5.41, 5.74) is 0.740. The predicted octanol–water partition coefficient (Wildman–Crippen LogP) is 2.30. The SMILES string of the molecule is CC1(C)CCC2[C@@H]3C1[C@@H]23. The van der Waals surface area contributed by atoms with Crippen molar-refractivity contribution < 1.29 is 0 Å². The lowest BCUT2D eigenvalue weighted by Crippen LogP contribution is -2.27. The van der Waals surface area contributed by atoms with Crippen molar-refractivity contribution in [1.29, 1.82) is 0 Å². The molecule has 0 nitrogen and oxygen atoms in total. The van der Waals surface area contributed by atoms with Gasteiger partial charge in [-0.15, -0.1) is 0 Å². The fourth-order valence-electron chi connectivity index (χ4n) is 3.31. The molecule has 4 rings (SSSR count). The second-order valence-electron chi connectivity index (χ2n) is 4.87. The van der Waals surface area contributed by atoms with Crippen LogP contribution >= 0.6 is 0 Å². The molecule has 0 heteroatoms. The van der Waals surface area contributed by atoms with E-state index in [0.717, 1.165) is 5.41 Å². The van der Waals surface area contributed by atoms with Crippen LogP contribution in [0.3, 0.4) is 0 Å². The first kappa shape index (κ1) is 4.76. The molecule has 4 aliphatic carbocycles. The molecule has 0 saturated heterocycles. The van der Waals surface area contributed by atoms with Crippen LogP contribution in [0.25, 0.3) is 0 Å². The zero-order valence-corrected chi connectivity index (χ0v) is 6.22. The summed E-state index contributed by atoms with van der Waals surface area (Å²) in [5, 5.41) is 0. The molecule has 2 atom stereocenters. The molecule has 4 aliphatic rings. The molecule has 2 bridgehead atoms. The number of hydrogen-bond acceptors (Lipinski definition) is 0. The summed E-state index contributed by atoms with van der Waals surface area (Å²) < 4.78 is 0. The lowest BCUT2D eigenvalue weighted by atomic mass is 9.69. The molecule has 0 aromatic rings. The lowest BCUT2D eigenvalue weighted by molar-refractivity contribution is 0.137. The smallest absolute Gasteiger partial charge is 0.0295 e. The van der Waals surface area contributed by atoms with Gasteiger partial charge in [0.25, 0.3) is 0 Å². The Bertz CT molecular complexity index is 159. The molecule has 4 fully saturated rings. The van der Waals surface area contributed by atoms with Gasteiger partial charge in [0.15, 0.2) is 0 Å². The van der Waals surface area contributed by atoms with Crippen molar-refractivity contribution in [2.24, 2.45) is 29.1 Å². The maximum Gasteiger partial charge on any atom is -0.0295 e. The minimum absolute atomic E-state index is 0.740. The summed E-state index contributed by atoms with van der Waals surface area (Å²) >= 11 is 0. The largest absolute Gasteiger partial charge is 0.0596 e. The molecule has 0 radical (unpaired) electrons. The summed E-state index contributed by atoms with van der Waals surface area (Å²) in [6.07, 6.45) is 3.06. The summed E-state index contributed by atoms with van der Waals surface area (Å²) in [6, 6.07) is 0. The molecule has 0 heterocycles. The predicted molar refractivity (Wildman–Crippen MR) is 37.0 cm³/mol.